The fourth-order valence-electron chi connectivity index (χ4n) is 2.97. The van der Waals surface area contributed by atoms with Crippen LogP contribution in [0.5, 0.6) is 0 Å². The van der Waals surface area contributed by atoms with Crippen molar-refractivity contribution in [3.63, 3.8) is 0 Å². The van der Waals surface area contributed by atoms with Gasteiger partial charge in [-0.15, -0.1) is 46.2 Å². The van der Waals surface area contributed by atoms with Crippen LogP contribution in [-0.2, 0) is 26.2 Å². The van der Waals surface area contributed by atoms with E-state index in [1.807, 2.05) is 12.2 Å². The second-order valence-electron chi connectivity index (χ2n) is 5.90. The van der Waals surface area contributed by atoms with E-state index in [0.29, 0.717) is 0 Å². The Morgan fingerprint density at radius 1 is 0.769 bits per heavy atom. The molecule has 138 valence electrons. The average Bonchev–Trinajstić information content (AvgIpc) is 3.38. The van der Waals surface area contributed by atoms with Crippen LogP contribution in [0.25, 0.3) is 21.5 Å². The molecule has 0 amide bonds. The Hall–Kier alpha value is -1.33. The zero-order valence-corrected chi connectivity index (χ0v) is 18.5. The van der Waals surface area contributed by atoms with Gasteiger partial charge < -0.3 is 21.3 Å². The summed E-state index contributed by atoms with van der Waals surface area (Å²) in [6, 6.07) is 19.3. The Labute approximate surface area is 179 Å². The van der Waals surface area contributed by atoms with Gasteiger partial charge in [0.2, 0.25) is 0 Å². The molecule has 1 heteroatoms. The Bertz CT molecular complexity index is 720. The smallest absolute Gasteiger partial charge is 0 e. The molecule has 0 unspecified atom stereocenters. The maximum Gasteiger partial charge on any atom is 0 e. The van der Waals surface area contributed by atoms with Crippen LogP contribution in [-0.4, -0.2) is 0 Å². The van der Waals surface area contributed by atoms with Crippen molar-refractivity contribution in [2.45, 2.75) is 32.1 Å². The summed E-state index contributed by atoms with van der Waals surface area (Å²) in [5, 5.41) is 5.39. The van der Waals surface area contributed by atoms with Gasteiger partial charge in [0.1, 0.15) is 0 Å². The zero-order valence-electron chi connectivity index (χ0n) is 16.0. The van der Waals surface area contributed by atoms with Crippen LogP contribution in [0.3, 0.4) is 0 Å². The Balaban J connectivity index is 0.000000408. The minimum Gasteiger partial charge on any atom is -0.358 e. The van der Waals surface area contributed by atoms with Crippen LogP contribution >= 0.6 is 0 Å². The van der Waals surface area contributed by atoms with Crippen molar-refractivity contribution in [1.82, 2.24) is 0 Å². The van der Waals surface area contributed by atoms with E-state index in [1.165, 1.54) is 47.2 Å². The third-order valence-electron chi connectivity index (χ3n) is 4.18. The second kappa shape index (κ2) is 13.8. The number of allylic oxidation sites excluding steroid dienone is 4. The first-order valence-electron chi connectivity index (χ1n) is 8.52. The molecule has 0 N–H and O–H groups in total. The summed E-state index contributed by atoms with van der Waals surface area (Å²) in [6.07, 6.45) is 18.0. The zero-order chi connectivity index (χ0) is 15.7. The van der Waals surface area contributed by atoms with Crippen LogP contribution < -0.4 is 0 Å². The van der Waals surface area contributed by atoms with Crippen LogP contribution in [0, 0.1) is 27.4 Å². The maximum atomic E-state index is 2.99. The summed E-state index contributed by atoms with van der Waals surface area (Å²) >= 11 is 0. The fourth-order valence-corrected chi connectivity index (χ4v) is 2.97. The summed E-state index contributed by atoms with van der Waals surface area (Å²) in [4.78, 5) is 0. The van der Waals surface area contributed by atoms with Crippen molar-refractivity contribution >= 4 is 21.5 Å². The van der Waals surface area contributed by atoms with Crippen molar-refractivity contribution in [2.24, 2.45) is 0 Å². The monoisotopic (exact) mass is 419 g/mol. The van der Waals surface area contributed by atoms with E-state index in [9.17, 15) is 0 Å². The topological polar surface area (TPSA) is 0 Å². The van der Waals surface area contributed by atoms with Crippen molar-refractivity contribution in [2.75, 3.05) is 0 Å². The van der Waals surface area contributed by atoms with Crippen LogP contribution in [0.15, 0.2) is 72.8 Å². The second-order valence-corrected chi connectivity index (χ2v) is 5.90. The SMILES string of the molecule is [C-]1=CC=CC1.[CH-]1CCCC1.[CH3-].[CH3-].[Zr].c1ccc2c(c1)[cH-]c1ccccc12. The van der Waals surface area contributed by atoms with Gasteiger partial charge in [-0.2, -0.15) is 18.9 Å². The predicted molar refractivity (Wildman–Crippen MR) is 114 cm³/mol. The van der Waals surface area contributed by atoms with Crippen molar-refractivity contribution in [1.29, 1.82) is 0 Å². The third-order valence-corrected chi connectivity index (χ3v) is 4.18. The first-order valence-corrected chi connectivity index (χ1v) is 8.52. The van der Waals surface area contributed by atoms with Gasteiger partial charge in [-0.05, 0) is 0 Å². The molecule has 1 saturated carbocycles. The fraction of sp³-hybridized carbons (Fsp3) is 0.200. The largest absolute Gasteiger partial charge is 0.358 e. The van der Waals surface area contributed by atoms with E-state index >= 15 is 0 Å². The van der Waals surface area contributed by atoms with Gasteiger partial charge in [-0.25, -0.2) is 12.2 Å². The molecular formula is C25H29Zr-5. The van der Waals surface area contributed by atoms with Crippen LogP contribution in [0.2, 0.25) is 0 Å². The summed E-state index contributed by atoms with van der Waals surface area (Å²) in [7, 11) is 0. The molecule has 0 aliphatic heterocycles. The van der Waals surface area contributed by atoms with Gasteiger partial charge in [0.15, 0.2) is 0 Å². The Kier molecular flexibility index (Phi) is 13.1. The number of rotatable bonds is 0. The number of hydrogen-bond acceptors (Lipinski definition) is 0. The average molecular weight is 421 g/mol. The van der Waals surface area contributed by atoms with Gasteiger partial charge in [0.25, 0.3) is 0 Å². The molecule has 0 saturated heterocycles. The molecule has 26 heavy (non-hydrogen) atoms. The predicted octanol–water partition coefficient (Wildman–Crippen LogP) is 7.68. The van der Waals surface area contributed by atoms with Crippen molar-refractivity contribution in [3.05, 3.63) is 100 Å². The molecule has 5 rings (SSSR count). The molecular weight excluding hydrogens is 391 g/mol. The molecule has 0 spiro atoms. The van der Waals surface area contributed by atoms with Crippen molar-refractivity contribution < 1.29 is 26.2 Å². The molecule has 0 nitrogen and oxygen atoms in total. The molecule has 0 bridgehead atoms. The number of fused-ring (bicyclic) bond motifs is 3. The van der Waals surface area contributed by atoms with Gasteiger partial charge >= 0.3 is 0 Å². The van der Waals surface area contributed by atoms with E-state index in [-0.39, 0.29) is 41.1 Å². The minimum absolute atomic E-state index is 0. The summed E-state index contributed by atoms with van der Waals surface area (Å²) in [6.45, 7) is 0. The molecule has 2 aliphatic carbocycles. The van der Waals surface area contributed by atoms with E-state index in [1.54, 1.807) is 0 Å². The van der Waals surface area contributed by atoms with E-state index < -0.39 is 0 Å². The third kappa shape index (κ3) is 7.12. The minimum atomic E-state index is 0. The molecule has 0 heterocycles. The van der Waals surface area contributed by atoms with Gasteiger partial charge in [0.05, 0.1) is 0 Å². The Morgan fingerprint density at radius 2 is 1.31 bits per heavy atom. The summed E-state index contributed by atoms with van der Waals surface area (Å²) in [5.41, 5.74) is 0. The van der Waals surface area contributed by atoms with Crippen LogP contribution in [0.1, 0.15) is 32.1 Å². The summed E-state index contributed by atoms with van der Waals surface area (Å²) < 4.78 is 0. The maximum absolute atomic E-state index is 2.99. The molecule has 2 aliphatic rings. The summed E-state index contributed by atoms with van der Waals surface area (Å²) in [5.74, 6) is 0. The molecule has 1 fully saturated rings. The van der Waals surface area contributed by atoms with E-state index in [4.69, 9.17) is 0 Å². The molecule has 0 radical (unpaired) electrons. The molecule has 3 aromatic carbocycles. The van der Waals surface area contributed by atoms with Gasteiger partial charge in [0, 0.05) is 26.2 Å². The van der Waals surface area contributed by atoms with Gasteiger partial charge in [-0.3, -0.25) is 6.08 Å². The van der Waals surface area contributed by atoms with E-state index in [2.05, 4.69) is 73.2 Å². The van der Waals surface area contributed by atoms with Crippen molar-refractivity contribution in [3.8, 4) is 0 Å². The first kappa shape index (κ1) is 24.7. The molecule has 0 atom stereocenters. The van der Waals surface area contributed by atoms with E-state index in [0.717, 1.165) is 6.42 Å². The van der Waals surface area contributed by atoms with Gasteiger partial charge in [-0.1, -0.05) is 49.2 Å². The Morgan fingerprint density at radius 3 is 1.65 bits per heavy atom. The number of hydrogen-bond donors (Lipinski definition) is 0. The standard InChI is InChI=1S/C13H9.C5H9.C5H5.2CH3.Zr/c1-3-7-12-10(5-1)9-11-6-2-4-8-13(11)12;2*1-2-4-5-3-1;;;/h1-9H;1H,2-5H2;1-3H,4H2;2*1H3;/q5*-1;. The quantitative estimate of drug-likeness (QED) is 0.327. The molecule has 3 aromatic rings. The molecule has 0 aromatic heterocycles. The number of benzene rings is 2. The first-order chi connectivity index (χ1) is 11.4. The normalized spacial score (nSPS) is 13.5. The van der Waals surface area contributed by atoms with Crippen LogP contribution in [0.4, 0.5) is 0 Å².